The van der Waals surface area contributed by atoms with Gasteiger partial charge in [-0.25, -0.2) is 4.98 Å². The SMILES string of the molecule is CC(C)Oc1ccc(-n2c(N)nc3ccc(Cl)cc32)cc1. The van der Waals surface area contributed by atoms with Crippen LogP contribution in [0.3, 0.4) is 0 Å². The predicted octanol–water partition coefficient (Wildman–Crippen LogP) is 4.05. The average molecular weight is 302 g/mol. The molecule has 0 unspecified atom stereocenters. The van der Waals surface area contributed by atoms with Gasteiger partial charge in [-0.15, -0.1) is 0 Å². The summed E-state index contributed by atoms with van der Waals surface area (Å²) in [6.45, 7) is 3.99. The van der Waals surface area contributed by atoms with Crippen molar-refractivity contribution in [3.8, 4) is 11.4 Å². The second-order valence-corrected chi connectivity index (χ2v) is 5.54. The molecule has 0 fully saturated rings. The van der Waals surface area contributed by atoms with Crippen LogP contribution in [0.25, 0.3) is 16.7 Å². The largest absolute Gasteiger partial charge is 0.491 e. The highest BCUT2D eigenvalue weighted by Crippen LogP contribution is 2.26. The monoisotopic (exact) mass is 301 g/mol. The third kappa shape index (κ3) is 2.67. The molecule has 1 heterocycles. The fourth-order valence-electron chi connectivity index (χ4n) is 2.28. The molecule has 5 heteroatoms. The van der Waals surface area contributed by atoms with Gasteiger partial charge in [-0.05, 0) is 56.3 Å². The number of anilines is 1. The molecule has 0 aliphatic carbocycles. The van der Waals surface area contributed by atoms with Crippen LogP contribution >= 0.6 is 11.6 Å². The normalized spacial score (nSPS) is 11.2. The van der Waals surface area contributed by atoms with E-state index in [0.29, 0.717) is 11.0 Å². The molecule has 0 bridgehead atoms. The lowest BCUT2D eigenvalue weighted by molar-refractivity contribution is 0.242. The van der Waals surface area contributed by atoms with Crippen molar-refractivity contribution in [3.05, 3.63) is 47.5 Å². The standard InChI is InChI=1S/C16H16ClN3O/c1-10(2)21-13-6-4-12(5-7-13)20-15-9-11(17)3-8-14(15)19-16(20)18/h3-10H,1-2H3,(H2,18,19). The molecular weight excluding hydrogens is 286 g/mol. The number of nitrogen functional groups attached to an aromatic ring is 1. The van der Waals surface area contributed by atoms with Gasteiger partial charge >= 0.3 is 0 Å². The Morgan fingerprint density at radius 2 is 1.86 bits per heavy atom. The third-order valence-electron chi connectivity index (χ3n) is 3.11. The molecule has 2 N–H and O–H groups in total. The fourth-order valence-corrected chi connectivity index (χ4v) is 2.45. The Hall–Kier alpha value is -2.20. The summed E-state index contributed by atoms with van der Waals surface area (Å²) in [6, 6.07) is 13.3. The van der Waals surface area contributed by atoms with Crippen molar-refractivity contribution in [3.63, 3.8) is 0 Å². The van der Waals surface area contributed by atoms with E-state index in [2.05, 4.69) is 4.98 Å². The van der Waals surface area contributed by atoms with Gasteiger partial charge in [-0.2, -0.15) is 0 Å². The summed E-state index contributed by atoms with van der Waals surface area (Å²) < 4.78 is 7.52. The first-order valence-corrected chi connectivity index (χ1v) is 7.13. The van der Waals surface area contributed by atoms with E-state index in [1.165, 1.54) is 0 Å². The lowest BCUT2D eigenvalue weighted by Gasteiger charge is -2.11. The van der Waals surface area contributed by atoms with E-state index in [1.807, 2.05) is 54.8 Å². The van der Waals surface area contributed by atoms with Gasteiger partial charge in [0.1, 0.15) is 5.75 Å². The van der Waals surface area contributed by atoms with Crippen molar-refractivity contribution < 1.29 is 4.74 Å². The molecular formula is C16H16ClN3O. The zero-order chi connectivity index (χ0) is 15.0. The lowest BCUT2D eigenvalue weighted by atomic mass is 10.2. The number of imidazole rings is 1. The maximum absolute atomic E-state index is 6.07. The molecule has 1 aromatic heterocycles. The predicted molar refractivity (Wildman–Crippen MR) is 86.3 cm³/mol. The minimum atomic E-state index is 0.147. The van der Waals surface area contributed by atoms with Crippen LogP contribution in [0.4, 0.5) is 5.95 Å². The first-order chi connectivity index (χ1) is 10.0. The van der Waals surface area contributed by atoms with Crippen molar-refractivity contribution in [1.29, 1.82) is 0 Å². The van der Waals surface area contributed by atoms with Crippen LogP contribution in [0.2, 0.25) is 5.02 Å². The van der Waals surface area contributed by atoms with Crippen LogP contribution in [0.1, 0.15) is 13.8 Å². The van der Waals surface area contributed by atoms with E-state index < -0.39 is 0 Å². The van der Waals surface area contributed by atoms with Crippen LogP contribution in [0.15, 0.2) is 42.5 Å². The zero-order valence-electron chi connectivity index (χ0n) is 11.9. The van der Waals surface area contributed by atoms with Gasteiger partial charge in [-0.3, -0.25) is 4.57 Å². The number of ether oxygens (including phenoxy) is 1. The third-order valence-corrected chi connectivity index (χ3v) is 3.34. The number of benzene rings is 2. The van der Waals surface area contributed by atoms with Gasteiger partial charge in [0, 0.05) is 10.7 Å². The number of fused-ring (bicyclic) bond motifs is 1. The van der Waals surface area contributed by atoms with Crippen LogP contribution in [-0.4, -0.2) is 15.7 Å². The highest BCUT2D eigenvalue weighted by Gasteiger charge is 2.10. The highest BCUT2D eigenvalue weighted by atomic mass is 35.5. The smallest absolute Gasteiger partial charge is 0.205 e. The Balaban J connectivity index is 2.07. The Morgan fingerprint density at radius 1 is 1.14 bits per heavy atom. The molecule has 4 nitrogen and oxygen atoms in total. The molecule has 0 saturated heterocycles. The van der Waals surface area contributed by atoms with Gasteiger partial charge in [-0.1, -0.05) is 11.6 Å². The average Bonchev–Trinajstić information content (AvgIpc) is 2.74. The first-order valence-electron chi connectivity index (χ1n) is 6.75. The second-order valence-electron chi connectivity index (χ2n) is 5.10. The summed E-state index contributed by atoms with van der Waals surface area (Å²) in [5.41, 5.74) is 8.66. The van der Waals surface area contributed by atoms with Crippen LogP contribution in [-0.2, 0) is 0 Å². The van der Waals surface area contributed by atoms with Crippen molar-refractivity contribution in [2.75, 3.05) is 5.73 Å². The molecule has 108 valence electrons. The molecule has 3 aromatic rings. The van der Waals surface area contributed by atoms with Crippen molar-refractivity contribution in [2.45, 2.75) is 20.0 Å². The molecule has 0 radical (unpaired) electrons. The molecule has 0 saturated carbocycles. The van der Waals surface area contributed by atoms with Gasteiger partial charge in [0.15, 0.2) is 0 Å². The number of rotatable bonds is 3. The maximum atomic E-state index is 6.07. The van der Waals surface area contributed by atoms with Gasteiger partial charge in [0.25, 0.3) is 0 Å². The minimum absolute atomic E-state index is 0.147. The molecule has 0 spiro atoms. The lowest BCUT2D eigenvalue weighted by Crippen LogP contribution is -2.05. The Labute approximate surface area is 128 Å². The summed E-state index contributed by atoms with van der Waals surface area (Å²) in [7, 11) is 0. The van der Waals surface area contributed by atoms with E-state index in [9.17, 15) is 0 Å². The summed E-state index contributed by atoms with van der Waals surface area (Å²) in [5.74, 6) is 1.26. The summed E-state index contributed by atoms with van der Waals surface area (Å²) in [6.07, 6.45) is 0.147. The van der Waals surface area contributed by atoms with Crippen molar-refractivity contribution in [1.82, 2.24) is 9.55 Å². The van der Waals surface area contributed by atoms with E-state index in [0.717, 1.165) is 22.5 Å². The van der Waals surface area contributed by atoms with Crippen LogP contribution < -0.4 is 10.5 Å². The number of aromatic nitrogens is 2. The Kier molecular flexibility index (Phi) is 3.47. The second kappa shape index (κ2) is 5.30. The van der Waals surface area contributed by atoms with Crippen molar-refractivity contribution in [2.24, 2.45) is 0 Å². The van der Waals surface area contributed by atoms with E-state index in [1.54, 1.807) is 6.07 Å². The molecule has 0 aliphatic heterocycles. The minimum Gasteiger partial charge on any atom is -0.491 e. The first kappa shape index (κ1) is 13.8. The number of hydrogen-bond donors (Lipinski definition) is 1. The number of halogens is 1. The quantitative estimate of drug-likeness (QED) is 0.794. The maximum Gasteiger partial charge on any atom is 0.205 e. The fraction of sp³-hybridized carbons (Fsp3) is 0.188. The van der Waals surface area contributed by atoms with E-state index in [4.69, 9.17) is 22.1 Å². The molecule has 21 heavy (non-hydrogen) atoms. The molecule has 0 atom stereocenters. The zero-order valence-corrected chi connectivity index (χ0v) is 12.6. The topological polar surface area (TPSA) is 53.1 Å². The number of nitrogens with zero attached hydrogens (tertiary/aromatic N) is 2. The van der Waals surface area contributed by atoms with Crippen LogP contribution in [0, 0.1) is 0 Å². The number of nitrogens with two attached hydrogens (primary N) is 1. The van der Waals surface area contributed by atoms with Gasteiger partial charge in [0.2, 0.25) is 5.95 Å². The Morgan fingerprint density at radius 3 is 2.52 bits per heavy atom. The summed E-state index contributed by atoms with van der Waals surface area (Å²) in [5, 5.41) is 0.656. The van der Waals surface area contributed by atoms with Gasteiger partial charge < -0.3 is 10.5 Å². The van der Waals surface area contributed by atoms with Crippen LogP contribution in [0.5, 0.6) is 5.75 Å². The van der Waals surface area contributed by atoms with Gasteiger partial charge in [0.05, 0.1) is 17.1 Å². The van der Waals surface area contributed by atoms with E-state index in [-0.39, 0.29) is 6.10 Å². The number of hydrogen-bond acceptors (Lipinski definition) is 3. The van der Waals surface area contributed by atoms with E-state index >= 15 is 0 Å². The summed E-state index contributed by atoms with van der Waals surface area (Å²) >= 11 is 6.07. The highest BCUT2D eigenvalue weighted by molar-refractivity contribution is 6.31. The molecule has 0 amide bonds. The summed E-state index contributed by atoms with van der Waals surface area (Å²) in [4.78, 5) is 4.35. The Bertz CT molecular complexity index is 778. The molecule has 3 rings (SSSR count). The molecule has 0 aliphatic rings. The van der Waals surface area contributed by atoms with Crippen molar-refractivity contribution >= 4 is 28.6 Å². The molecule has 2 aromatic carbocycles.